The highest BCUT2D eigenvalue weighted by Crippen LogP contribution is 2.39. The highest BCUT2D eigenvalue weighted by Gasteiger charge is 2.36. The van der Waals surface area contributed by atoms with Crippen molar-refractivity contribution < 1.29 is 28.6 Å². The van der Waals surface area contributed by atoms with Gasteiger partial charge in [-0.25, -0.2) is 4.79 Å². The van der Waals surface area contributed by atoms with Crippen LogP contribution in [0.25, 0.3) is 0 Å². The van der Waals surface area contributed by atoms with Crippen LogP contribution in [0, 0.1) is 17.3 Å². The van der Waals surface area contributed by atoms with E-state index < -0.39 is 18.4 Å². The molecule has 0 bridgehead atoms. The third kappa shape index (κ3) is 9.50. The molecule has 168 valence electrons. The van der Waals surface area contributed by atoms with Crippen LogP contribution in [-0.2, 0) is 23.8 Å². The van der Waals surface area contributed by atoms with Crippen LogP contribution in [0.1, 0.15) is 86.0 Å². The molecule has 1 rings (SSSR count). The first-order chi connectivity index (χ1) is 13.7. The molecule has 1 aliphatic rings. The van der Waals surface area contributed by atoms with Crippen LogP contribution < -0.4 is 5.32 Å². The lowest BCUT2D eigenvalue weighted by atomic mass is 9.72. The number of unbranched alkanes of at least 4 members (excludes halogenated alkanes) is 1. The quantitative estimate of drug-likeness (QED) is 0.303. The summed E-state index contributed by atoms with van der Waals surface area (Å²) in [5, 5.41) is 2.79. The van der Waals surface area contributed by atoms with E-state index >= 15 is 0 Å². The van der Waals surface area contributed by atoms with E-state index in [1.807, 2.05) is 13.8 Å². The molecule has 29 heavy (non-hydrogen) atoms. The van der Waals surface area contributed by atoms with Gasteiger partial charge in [-0.05, 0) is 24.7 Å². The number of esters is 2. The molecule has 0 aromatic rings. The second kappa shape index (κ2) is 12.7. The van der Waals surface area contributed by atoms with Crippen LogP contribution in [0.5, 0.6) is 0 Å². The van der Waals surface area contributed by atoms with Crippen molar-refractivity contribution >= 4 is 18.0 Å². The minimum Gasteiger partial charge on any atom is -0.466 e. The molecule has 0 radical (unpaired) electrons. The summed E-state index contributed by atoms with van der Waals surface area (Å²) in [5.41, 5.74) is -0.303. The summed E-state index contributed by atoms with van der Waals surface area (Å²) in [6.07, 6.45) is 5.48. The van der Waals surface area contributed by atoms with Crippen LogP contribution in [0.3, 0.4) is 0 Å². The van der Waals surface area contributed by atoms with Crippen LogP contribution in [0.2, 0.25) is 0 Å². The first-order valence-electron chi connectivity index (χ1n) is 11.0. The SMILES string of the molecule is CCCCOC(=O)CC1(CNC(=O)OC(OC(=O)C(C)C)C(C)C)CCCCC1. The molecule has 1 N–H and O–H groups in total. The Hall–Kier alpha value is -1.79. The Morgan fingerprint density at radius 3 is 2.21 bits per heavy atom. The largest absolute Gasteiger partial charge is 0.466 e. The lowest BCUT2D eigenvalue weighted by Gasteiger charge is -2.36. The maximum absolute atomic E-state index is 12.3. The Labute approximate surface area is 175 Å². The van der Waals surface area contributed by atoms with E-state index in [1.54, 1.807) is 13.8 Å². The molecule has 1 aliphatic carbocycles. The van der Waals surface area contributed by atoms with E-state index in [4.69, 9.17) is 14.2 Å². The summed E-state index contributed by atoms with van der Waals surface area (Å²) in [4.78, 5) is 36.5. The molecule has 0 aromatic heterocycles. The number of ether oxygens (including phenoxy) is 3. The molecule has 7 heteroatoms. The minimum atomic E-state index is -0.939. The van der Waals surface area contributed by atoms with Gasteiger partial charge in [0.05, 0.1) is 18.9 Å². The van der Waals surface area contributed by atoms with E-state index in [1.165, 1.54) is 0 Å². The standard InChI is InChI=1S/C22H39NO6/c1-6-7-13-27-18(24)14-22(11-9-8-10-12-22)15-23-21(26)29-20(17(4)5)28-19(25)16(2)3/h16-17,20H,6-15H2,1-5H3,(H,23,26). The third-order valence-corrected chi connectivity index (χ3v) is 5.27. The summed E-state index contributed by atoms with van der Waals surface area (Å²) in [6.45, 7) is 9.93. The van der Waals surface area contributed by atoms with E-state index in [2.05, 4.69) is 12.2 Å². The second-order valence-electron chi connectivity index (χ2n) is 8.77. The summed E-state index contributed by atoms with van der Waals surface area (Å²) in [6, 6.07) is 0. The summed E-state index contributed by atoms with van der Waals surface area (Å²) in [7, 11) is 0. The van der Waals surface area contributed by atoms with Crippen LogP contribution >= 0.6 is 0 Å². The van der Waals surface area contributed by atoms with Gasteiger partial charge in [0.15, 0.2) is 0 Å². The van der Waals surface area contributed by atoms with Gasteiger partial charge in [-0.1, -0.05) is 60.3 Å². The number of hydrogen-bond acceptors (Lipinski definition) is 6. The smallest absolute Gasteiger partial charge is 0.410 e. The monoisotopic (exact) mass is 413 g/mol. The van der Waals surface area contributed by atoms with Crippen molar-refractivity contribution in [3.05, 3.63) is 0 Å². The Morgan fingerprint density at radius 2 is 1.66 bits per heavy atom. The molecular formula is C22H39NO6. The number of carbonyl (C=O) groups excluding carboxylic acids is 3. The maximum atomic E-state index is 12.3. The van der Waals surface area contributed by atoms with Gasteiger partial charge in [0.1, 0.15) is 0 Å². The minimum absolute atomic E-state index is 0.166. The van der Waals surface area contributed by atoms with Gasteiger partial charge < -0.3 is 19.5 Å². The Morgan fingerprint density at radius 1 is 1.00 bits per heavy atom. The van der Waals surface area contributed by atoms with E-state index in [0.29, 0.717) is 19.6 Å². The normalized spacial score (nSPS) is 16.9. The number of rotatable bonds is 11. The number of hydrogen-bond donors (Lipinski definition) is 1. The van der Waals surface area contributed by atoms with E-state index in [-0.39, 0.29) is 23.2 Å². The fourth-order valence-electron chi connectivity index (χ4n) is 3.36. The molecular weight excluding hydrogens is 374 g/mol. The Balaban J connectivity index is 2.62. The van der Waals surface area contributed by atoms with Crippen LogP contribution in [0.15, 0.2) is 0 Å². The van der Waals surface area contributed by atoms with Gasteiger partial charge in [-0.2, -0.15) is 0 Å². The van der Waals surface area contributed by atoms with E-state index in [9.17, 15) is 14.4 Å². The zero-order chi connectivity index (χ0) is 21.9. The number of alkyl carbamates (subject to hydrolysis) is 1. The molecule has 0 aliphatic heterocycles. The molecule has 0 spiro atoms. The molecule has 0 aromatic carbocycles. The van der Waals surface area contributed by atoms with Crippen molar-refractivity contribution in [2.24, 2.45) is 17.3 Å². The first-order valence-corrected chi connectivity index (χ1v) is 11.0. The summed E-state index contributed by atoms with van der Waals surface area (Å²) in [5.74, 6) is -1.08. The zero-order valence-electron chi connectivity index (χ0n) is 18.8. The highest BCUT2D eigenvalue weighted by atomic mass is 16.7. The Kier molecular flexibility index (Phi) is 11.1. The number of nitrogens with one attached hydrogen (secondary N) is 1. The topological polar surface area (TPSA) is 90.9 Å². The summed E-state index contributed by atoms with van der Waals surface area (Å²) < 4.78 is 16.0. The molecule has 1 fully saturated rings. The third-order valence-electron chi connectivity index (χ3n) is 5.27. The average Bonchev–Trinajstić information content (AvgIpc) is 2.66. The Bertz CT molecular complexity index is 525. The molecule has 0 saturated heterocycles. The van der Waals surface area contributed by atoms with Crippen LogP contribution in [-0.4, -0.2) is 37.5 Å². The predicted molar refractivity (Wildman–Crippen MR) is 110 cm³/mol. The molecule has 1 atom stereocenters. The maximum Gasteiger partial charge on any atom is 0.410 e. The fraction of sp³-hybridized carbons (Fsp3) is 0.864. The van der Waals surface area contributed by atoms with Crippen molar-refractivity contribution in [1.82, 2.24) is 5.32 Å². The lowest BCUT2D eigenvalue weighted by Crippen LogP contribution is -2.43. The van der Waals surface area contributed by atoms with Gasteiger partial charge in [0.2, 0.25) is 0 Å². The molecule has 0 heterocycles. The number of amides is 1. The average molecular weight is 414 g/mol. The first kappa shape index (κ1) is 25.2. The van der Waals surface area contributed by atoms with Gasteiger partial charge in [0, 0.05) is 12.5 Å². The van der Waals surface area contributed by atoms with Gasteiger partial charge >= 0.3 is 18.0 Å². The van der Waals surface area contributed by atoms with Crippen molar-refractivity contribution in [2.45, 2.75) is 92.3 Å². The second-order valence-corrected chi connectivity index (χ2v) is 8.77. The fourth-order valence-corrected chi connectivity index (χ4v) is 3.36. The molecule has 1 amide bonds. The highest BCUT2D eigenvalue weighted by molar-refractivity contribution is 5.72. The van der Waals surface area contributed by atoms with Crippen LogP contribution in [0.4, 0.5) is 4.79 Å². The molecule has 1 saturated carbocycles. The predicted octanol–water partition coefficient (Wildman–Crippen LogP) is 4.58. The number of carbonyl (C=O) groups is 3. The van der Waals surface area contributed by atoms with Crippen molar-refractivity contribution in [2.75, 3.05) is 13.2 Å². The van der Waals surface area contributed by atoms with E-state index in [0.717, 1.165) is 44.9 Å². The van der Waals surface area contributed by atoms with Crippen molar-refractivity contribution in [3.63, 3.8) is 0 Å². The van der Waals surface area contributed by atoms with Crippen molar-refractivity contribution in [3.8, 4) is 0 Å². The van der Waals surface area contributed by atoms with Gasteiger partial charge in [-0.15, -0.1) is 0 Å². The summed E-state index contributed by atoms with van der Waals surface area (Å²) >= 11 is 0. The van der Waals surface area contributed by atoms with Gasteiger partial charge in [0.25, 0.3) is 6.29 Å². The molecule has 1 unspecified atom stereocenters. The van der Waals surface area contributed by atoms with Gasteiger partial charge in [-0.3, -0.25) is 9.59 Å². The zero-order valence-corrected chi connectivity index (χ0v) is 18.8. The van der Waals surface area contributed by atoms with Crippen molar-refractivity contribution in [1.29, 1.82) is 0 Å². The molecule has 7 nitrogen and oxygen atoms in total. The lowest BCUT2D eigenvalue weighted by molar-refractivity contribution is -0.178.